The zero-order chi connectivity index (χ0) is 58.9. The van der Waals surface area contributed by atoms with Crippen molar-refractivity contribution in [1.29, 1.82) is 0 Å². The van der Waals surface area contributed by atoms with E-state index in [0.717, 1.165) is 27.8 Å². The van der Waals surface area contributed by atoms with Gasteiger partial charge in [-0.3, -0.25) is 29.0 Å². The first-order valence-electron chi connectivity index (χ1n) is 29.6. The van der Waals surface area contributed by atoms with Gasteiger partial charge in [-0.25, -0.2) is 4.79 Å². The van der Waals surface area contributed by atoms with Gasteiger partial charge in [0.25, 0.3) is 5.91 Å². The molecule has 5 aliphatic heterocycles. The van der Waals surface area contributed by atoms with Crippen molar-refractivity contribution in [3.63, 3.8) is 0 Å². The molecule has 2 aromatic carbocycles. The monoisotopic (exact) mass is 1140 g/mol. The van der Waals surface area contributed by atoms with Gasteiger partial charge in [0, 0.05) is 93.9 Å². The van der Waals surface area contributed by atoms with Crippen LogP contribution in [0.5, 0.6) is 5.75 Å². The fourth-order valence-electron chi connectivity index (χ4n) is 15.8. The SMILES string of the molecule is CCC(CO)OC(COC(=O)CCCC(=O)N[C@H](C)C(=O)OCCCNC(=O)[C@]1(O)C2N(C)c3cc(OC)c([C@@]4(C(=O)OC)C[C@@H]5CN(CCC6=C4Cc4ccccc46)CC(O)(CC)C5)cc3C23CCN2CC=C[C@](CC)(C23)[C@H]1O)OC. The van der Waals surface area contributed by atoms with Crippen LogP contribution >= 0.6 is 0 Å². The fourth-order valence-corrected chi connectivity index (χ4v) is 15.8. The second-order valence-corrected chi connectivity index (χ2v) is 24.0. The van der Waals surface area contributed by atoms with Crippen LogP contribution in [0.3, 0.4) is 0 Å². The molecule has 0 radical (unpaired) electrons. The molecule has 2 amide bonds. The molecule has 13 atom stereocenters. The summed E-state index contributed by atoms with van der Waals surface area (Å²) >= 11 is 0. The van der Waals surface area contributed by atoms with Crippen LogP contribution in [-0.2, 0) is 64.9 Å². The number of benzene rings is 2. The number of rotatable bonds is 23. The Morgan fingerprint density at radius 1 is 0.927 bits per heavy atom. The van der Waals surface area contributed by atoms with E-state index < -0.39 is 87.8 Å². The number of amides is 2. The maximum atomic E-state index is 15.6. The maximum Gasteiger partial charge on any atom is 0.328 e. The Bertz CT molecular complexity index is 2790. The van der Waals surface area contributed by atoms with Crippen LogP contribution in [0.1, 0.15) is 121 Å². The number of carbonyl (C=O) groups is 5. The van der Waals surface area contributed by atoms with Gasteiger partial charge in [-0.1, -0.05) is 57.2 Å². The van der Waals surface area contributed by atoms with E-state index in [1.807, 2.05) is 63.1 Å². The Morgan fingerprint density at radius 3 is 2.41 bits per heavy atom. The van der Waals surface area contributed by atoms with Crippen molar-refractivity contribution in [2.75, 3.05) is 92.4 Å². The minimum Gasteiger partial charge on any atom is -0.496 e. The molecule has 2 aromatic rings. The molecule has 7 unspecified atom stereocenters. The normalized spacial score (nSPS) is 31.6. The quantitative estimate of drug-likeness (QED) is 0.0306. The van der Waals surface area contributed by atoms with Crippen LogP contribution in [0.4, 0.5) is 5.69 Å². The van der Waals surface area contributed by atoms with Gasteiger partial charge < -0.3 is 64.4 Å². The van der Waals surface area contributed by atoms with Gasteiger partial charge in [0.2, 0.25) is 5.91 Å². The lowest BCUT2D eigenvalue weighted by atomic mass is 9.47. The highest BCUT2D eigenvalue weighted by Crippen LogP contribution is 2.68. The molecule has 1 saturated carbocycles. The third kappa shape index (κ3) is 10.5. The number of aliphatic hydroxyl groups is 4. The molecule has 6 N–H and O–H groups in total. The molecule has 2 bridgehead atoms. The summed E-state index contributed by atoms with van der Waals surface area (Å²) in [5.41, 5.74) is -0.330. The number of fused-ring (bicyclic) bond motifs is 5. The second-order valence-electron chi connectivity index (χ2n) is 24.0. The van der Waals surface area contributed by atoms with E-state index in [1.54, 1.807) is 7.11 Å². The van der Waals surface area contributed by atoms with E-state index in [4.69, 9.17) is 28.4 Å². The van der Waals surface area contributed by atoms with Crippen LogP contribution in [0.25, 0.3) is 5.57 Å². The lowest BCUT2D eigenvalue weighted by Crippen LogP contribution is -2.81. The Morgan fingerprint density at radius 2 is 1.71 bits per heavy atom. The number of esters is 3. The van der Waals surface area contributed by atoms with Crippen molar-refractivity contribution in [2.45, 2.75) is 163 Å². The Hall–Kier alpha value is -5.45. The van der Waals surface area contributed by atoms with Crippen molar-refractivity contribution in [3.8, 4) is 5.75 Å². The summed E-state index contributed by atoms with van der Waals surface area (Å²) in [5.74, 6) is -2.59. The first kappa shape index (κ1) is 61.1. The van der Waals surface area contributed by atoms with Crippen molar-refractivity contribution in [2.24, 2.45) is 11.3 Å². The number of anilines is 1. The molecule has 1 spiro atoms. The molecule has 0 aromatic heterocycles. The zero-order valence-corrected chi connectivity index (χ0v) is 49.1. The Balaban J connectivity index is 0.957. The minimum absolute atomic E-state index is 0.0258. The van der Waals surface area contributed by atoms with E-state index in [1.165, 1.54) is 21.1 Å². The summed E-state index contributed by atoms with van der Waals surface area (Å²) in [7, 11) is 6.28. The van der Waals surface area contributed by atoms with Crippen molar-refractivity contribution in [3.05, 3.63) is 76.4 Å². The number of carbonyl (C=O) groups excluding carboxylic acids is 5. The molecule has 3 fully saturated rings. The predicted molar refractivity (Wildman–Crippen MR) is 303 cm³/mol. The van der Waals surface area contributed by atoms with Crippen molar-refractivity contribution < 1.29 is 72.8 Å². The Kier molecular flexibility index (Phi) is 18.4. The van der Waals surface area contributed by atoms with Gasteiger partial charge in [0.05, 0.1) is 45.2 Å². The molecule has 7 aliphatic rings. The highest BCUT2D eigenvalue weighted by Gasteiger charge is 2.78. The standard InChI is InChI=1S/C62H87N5O15/c1-9-41(35-68)82-51(78-7)36-81-50(70)20-14-19-49(69)64-38(4)52(71)80-28-16-24-63-56(73)62(76)54-60(23-27-67-25-15-22-59(11-3,53(60)67)55(62)72)45-30-46(48(77-6)31-47(45)65(54)5)61(57(74)79-8)33-39-32-58(75,10-2)37-66(34-39)26-21-43-42-18-13-12-17-40(42)29-44(43)61/h12-13,15,17-18,22,30-31,38-39,41,51,53-55,68,72,75-76H,9-11,14,16,19-21,23-29,32-37H2,1-8H3,(H,63,73)(H,64,69)/t38-,39-,41?,51?,53?,54?,55-,58?,59-,60?,61-,62+/m1/s1. The number of methoxy groups -OCH3 is 3. The van der Waals surface area contributed by atoms with Gasteiger partial charge >= 0.3 is 17.9 Å². The number of nitrogens with one attached hydrogen (secondary N) is 2. The average molecular weight is 1140 g/mol. The highest BCUT2D eigenvalue weighted by molar-refractivity contribution is 5.96. The molecule has 450 valence electrons. The van der Waals surface area contributed by atoms with Crippen LogP contribution in [-0.4, -0.2) is 195 Å². The van der Waals surface area contributed by atoms with Crippen LogP contribution < -0.4 is 20.3 Å². The third-order valence-electron chi connectivity index (χ3n) is 19.6. The molecule has 5 heterocycles. The average Bonchev–Trinajstić information content (AvgIpc) is 3.18. The van der Waals surface area contributed by atoms with Crippen molar-refractivity contribution in [1.82, 2.24) is 20.4 Å². The first-order chi connectivity index (χ1) is 39.3. The van der Waals surface area contributed by atoms with Gasteiger partial charge in [-0.2, -0.15) is 0 Å². The minimum atomic E-state index is -2.41. The summed E-state index contributed by atoms with van der Waals surface area (Å²) in [6, 6.07) is 10.0. The number of hydrogen-bond donors (Lipinski definition) is 6. The molecule has 2 saturated heterocycles. The van der Waals surface area contributed by atoms with Gasteiger partial charge in [0.15, 0.2) is 11.9 Å². The third-order valence-corrected chi connectivity index (χ3v) is 19.6. The zero-order valence-electron chi connectivity index (χ0n) is 49.1. The van der Waals surface area contributed by atoms with E-state index in [0.29, 0.717) is 101 Å². The van der Waals surface area contributed by atoms with E-state index in [2.05, 4.69) is 38.6 Å². The number of hydrogen-bond acceptors (Lipinski definition) is 18. The van der Waals surface area contributed by atoms with Crippen LogP contribution in [0, 0.1) is 11.3 Å². The van der Waals surface area contributed by atoms with E-state index >= 15 is 9.59 Å². The lowest BCUT2D eigenvalue weighted by Gasteiger charge is -2.63. The van der Waals surface area contributed by atoms with Gasteiger partial charge in [-0.15, -0.1) is 0 Å². The predicted octanol–water partition coefficient (Wildman–Crippen LogP) is 3.60. The largest absolute Gasteiger partial charge is 0.496 e. The second kappa shape index (κ2) is 24.6. The molecule has 2 aliphatic carbocycles. The lowest BCUT2D eigenvalue weighted by molar-refractivity contribution is -0.203. The van der Waals surface area contributed by atoms with Gasteiger partial charge in [0.1, 0.15) is 29.9 Å². The molecule has 9 rings (SSSR count). The smallest absolute Gasteiger partial charge is 0.328 e. The fraction of sp³-hybridized carbons (Fsp3) is 0.661. The maximum absolute atomic E-state index is 15.6. The number of aliphatic hydroxyl groups excluding tert-OH is 2. The van der Waals surface area contributed by atoms with Crippen LogP contribution in [0.15, 0.2) is 54.1 Å². The number of piperidine rings is 1. The topological polar surface area (TPSA) is 255 Å². The summed E-state index contributed by atoms with van der Waals surface area (Å²) in [4.78, 5) is 75.5. The van der Waals surface area contributed by atoms with E-state index in [-0.39, 0.29) is 64.0 Å². The molecular weight excluding hydrogens is 1050 g/mol. The van der Waals surface area contributed by atoms with Crippen LogP contribution in [0.2, 0.25) is 0 Å². The molecule has 20 nitrogen and oxygen atoms in total. The summed E-state index contributed by atoms with van der Waals surface area (Å²) in [6.45, 7) is 9.95. The van der Waals surface area contributed by atoms with Gasteiger partial charge in [-0.05, 0) is 117 Å². The van der Waals surface area contributed by atoms with E-state index in [9.17, 15) is 34.8 Å². The number of nitrogens with zero attached hydrogens (tertiary/aromatic N) is 3. The van der Waals surface area contributed by atoms with Crippen molar-refractivity contribution >= 4 is 41.0 Å². The summed E-state index contributed by atoms with van der Waals surface area (Å²) < 4.78 is 33.9. The summed E-state index contributed by atoms with van der Waals surface area (Å²) in [6.07, 6.45) is 5.37. The molecular formula is C62H87N5O15. The molecule has 82 heavy (non-hydrogen) atoms. The number of ether oxygens (including phenoxy) is 6. The Labute approximate surface area is 481 Å². The summed E-state index contributed by atoms with van der Waals surface area (Å²) in [5, 5.41) is 53.6. The molecule has 20 heteroatoms. The number of likely N-dealkylation sites (N-methyl/N-ethyl adjacent to an activating group) is 1. The highest BCUT2D eigenvalue weighted by atomic mass is 16.7. The first-order valence-corrected chi connectivity index (χ1v) is 29.6.